The standard InChI is InChI=1S/C19H28N2O5S/c1-12-9-13(2)18(14(3)10-12)27(25,26)20-8-7-17(22)21(16-5-6-16)11-15(4)19(23)24/h9-10,15-16,20H,5-8,11H2,1-4H3,(H,23,24). The van der Waals surface area contributed by atoms with Gasteiger partial charge in [-0.2, -0.15) is 0 Å². The Kier molecular flexibility index (Phi) is 6.64. The number of aliphatic carboxylic acids is 1. The molecule has 0 radical (unpaired) electrons. The summed E-state index contributed by atoms with van der Waals surface area (Å²) in [5.74, 6) is -1.81. The number of benzene rings is 1. The molecule has 1 atom stereocenters. The minimum atomic E-state index is -3.72. The van der Waals surface area contributed by atoms with Gasteiger partial charge in [-0.25, -0.2) is 13.1 Å². The van der Waals surface area contributed by atoms with Gasteiger partial charge in [-0.3, -0.25) is 9.59 Å². The van der Waals surface area contributed by atoms with Gasteiger partial charge in [0.1, 0.15) is 0 Å². The molecule has 1 aliphatic rings. The molecular weight excluding hydrogens is 368 g/mol. The van der Waals surface area contributed by atoms with E-state index in [9.17, 15) is 18.0 Å². The van der Waals surface area contributed by atoms with Gasteiger partial charge in [0.15, 0.2) is 0 Å². The van der Waals surface area contributed by atoms with E-state index in [0.717, 1.165) is 18.4 Å². The zero-order valence-electron chi connectivity index (χ0n) is 16.3. The number of sulfonamides is 1. The Balaban J connectivity index is 2.00. The second-order valence-electron chi connectivity index (χ2n) is 7.39. The first-order valence-electron chi connectivity index (χ1n) is 9.12. The van der Waals surface area contributed by atoms with Gasteiger partial charge in [0.05, 0.1) is 10.8 Å². The maximum Gasteiger partial charge on any atom is 0.308 e. The third-order valence-corrected chi connectivity index (χ3v) is 6.47. The lowest BCUT2D eigenvalue weighted by atomic mass is 10.1. The van der Waals surface area contributed by atoms with Crippen LogP contribution in [0.3, 0.4) is 0 Å². The molecule has 2 N–H and O–H groups in total. The van der Waals surface area contributed by atoms with Gasteiger partial charge >= 0.3 is 5.97 Å². The highest BCUT2D eigenvalue weighted by atomic mass is 32.2. The molecule has 1 saturated carbocycles. The molecule has 2 rings (SSSR count). The minimum Gasteiger partial charge on any atom is -0.481 e. The molecule has 0 aromatic heterocycles. The lowest BCUT2D eigenvalue weighted by molar-refractivity contribution is -0.143. The highest BCUT2D eigenvalue weighted by Crippen LogP contribution is 2.28. The monoisotopic (exact) mass is 396 g/mol. The predicted molar refractivity (Wildman–Crippen MR) is 102 cm³/mol. The maximum absolute atomic E-state index is 12.6. The number of nitrogens with one attached hydrogen (secondary N) is 1. The van der Waals surface area contributed by atoms with E-state index in [1.54, 1.807) is 25.7 Å². The van der Waals surface area contributed by atoms with Crippen molar-refractivity contribution in [1.82, 2.24) is 9.62 Å². The first-order chi connectivity index (χ1) is 12.5. The topological polar surface area (TPSA) is 104 Å². The van der Waals surface area contributed by atoms with E-state index in [0.29, 0.717) is 11.1 Å². The molecule has 0 heterocycles. The van der Waals surface area contributed by atoms with Crippen molar-refractivity contribution < 1.29 is 23.1 Å². The van der Waals surface area contributed by atoms with Crippen LogP contribution in [-0.4, -0.2) is 49.4 Å². The third-order valence-electron chi connectivity index (χ3n) is 4.70. The molecule has 0 bridgehead atoms. The Morgan fingerprint density at radius 1 is 1.22 bits per heavy atom. The number of carbonyl (C=O) groups is 2. The average molecular weight is 397 g/mol. The average Bonchev–Trinajstić information content (AvgIpc) is 3.35. The fourth-order valence-corrected chi connectivity index (χ4v) is 4.79. The molecule has 150 valence electrons. The largest absolute Gasteiger partial charge is 0.481 e. The van der Waals surface area contributed by atoms with Crippen LogP contribution in [0, 0.1) is 26.7 Å². The Labute approximate surface area is 160 Å². The minimum absolute atomic E-state index is 0.00598. The molecule has 7 nitrogen and oxygen atoms in total. The summed E-state index contributed by atoms with van der Waals surface area (Å²) in [6, 6.07) is 3.71. The van der Waals surface area contributed by atoms with Gasteiger partial charge in [-0.1, -0.05) is 24.6 Å². The van der Waals surface area contributed by atoms with Crippen LogP contribution >= 0.6 is 0 Å². The van der Waals surface area contributed by atoms with Gasteiger partial charge < -0.3 is 10.0 Å². The van der Waals surface area contributed by atoms with E-state index in [1.807, 2.05) is 19.1 Å². The van der Waals surface area contributed by atoms with Crippen LogP contribution in [0.2, 0.25) is 0 Å². The van der Waals surface area contributed by atoms with Gasteiger partial charge in [0.25, 0.3) is 0 Å². The molecule has 27 heavy (non-hydrogen) atoms. The summed E-state index contributed by atoms with van der Waals surface area (Å²) in [7, 11) is -3.72. The van der Waals surface area contributed by atoms with Crippen molar-refractivity contribution in [1.29, 1.82) is 0 Å². The molecule has 1 aromatic carbocycles. The smallest absolute Gasteiger partial charge is 0.308 e. The quantitative estimate of drug-likeness (QED) is 0.664. The molecule has 0 aliphatic heterocycles. The summed E-state index contributed by atoms with van der Waals surface area (Å²) in [4.78, 5) is 25.4. The van der Waals surface area contributed by atoms with Crippen LogP contribution in [0.25, 0.3) is 0 Å². The molecule has 8 heteroatoms. The maximum atomic E-state index is 12.6. The molecule has 0 spiro atoms. The highest BCUT2D eigenvalue weighted by molar-refractivity contribution is 7.89. The van der Waals surface area contributed by atoms with E-state index in [2.05, 4.69) is 4.72 Å². The molecule has 1 amide bonds. The predicted octanol–water partition coefficient (Wildman–Crippen LogP) is 1.99. The van der Waals surface area contributed by atoms with Gasteiger partial charge in [-0.15, -0.1) is 0 Å². The third kappa shape index (κ3) is 5.52. The zero-order valence-corrected chi connectivity index (χ0v) is 17.1. The Morgan fingerprint density at radius 2 is 1.78 bits per heavy atom. The normalized spacial score (nSPS) is 15.4. The first-order valence-corrected chi connectivity index (χ1v) is 10.6. The van der Waals surface area contributed by atoms with Crippen LogP contribution in [0.15, 0.2) is 17.0 Å². The van der Waals surface area contributed by atoms with Crippen LogP contribution in [0.4, 0.5) is 0 Å². The molecule has 1 fully saturated rings. The number of aryl methyl sites for hydroxylation is 3. The Hall–Kier alpha value is -1.93. The lowest BCUT2D eigenvalue weighted by Gasteiger charge is -2.24. The van der Waals surface area contributed by atoms with Gasteiger partial charge in [0, 0.05) is 25.6 Å². The van der Waals surface area contributed by atoms with Crippen LogP contribution < -0.4 is 4.72 Å². The fourth-order valence-electron chi connectivity index (χ4n) is 3.31. The Bertz CT molecular complexity index is 807. The summed E-state index contributed by atoms with van der Waals surface area (Å²) < 4.78 is 27.8. The van der Waals surface area contributed by atoms with Gasteiger partial charge in [0.2, 0.25) is 15.9 Å². The molecular formula is C19H28N2O5S. The highest BCUT2D eigenvalue weighted by Gasteiger charge is 2.34. The van der Waals surface area contributed by atoms with Crippen molar-refractivity contribution in [3.05, 3.63) is 28.8 Å². The van der Waals surface area contributed by atoms with E-state index >= 15 is 0 Å². The van der Waals surface area contributed by atoms with Gasteiger partial charge in [-0.05, 0) is 44.7 Å². The number of carboxylic acids is 1. The number of amides is 1. The molecule has 1 aliphatic carbocycles. The number of hydrogen-bond acceptors (Lipinski definition) is 4. The van der Waals surface area contributed by atoms with Crippen molar-refractivity contribution in [2.75, 3.05) is 13.1 Å². The van der Waals surface area contributed by atoms with Crippen LogP contribution in [-0.2, 0) is 19.6 Å². The molecule has 1 aromatic rings. The van der Waals surface area contributed by atoms with Crippen molar-refractivity contribution in [2.24, 2.45) is 5.92 Å². The van der Waals surface area contributed by atoms with E-state index < -0.39 is 21.9 Å². The SMILES string of the molecule is Cc1cc(C)c(S(=O)(=O)NCCC(=O)N(CC(C)C(=O)O)C2CC2)c(C)c1. The number of carboxylic acid groups (broad SMARTS) is 1. The molecule has 1 unspecified atom stereocenters. The second kappa shape index (κ2) is 8.39. The van der Waals surface area contributed by atoms with Crippen molar-refractivity contribution in [3.63, 3.8) is 0 Å². The van der Waals surface area contributed by atoms with Crippen molar-refractivity contribution in [3.8, 4) is 0 Å². The number of carbonyl (C=O) groups excluding carboxylic acids is 1. The summed E-state index contributed by atoms with van der Waals surface area (Å²) >= 11 is 0. The zero-order chi connectivity index (χ0) is 20.4. The summed E-state index contributed by atoms with van der Waals surface area (Å²) in [5, 5.41) is 9.07. The number of nitrogens with zero attached hydrogens (tertiary/aromatic N) is 1. The molecule has 0 saturated heterocycles. The fraction of sp³-hybridized carbons (Fsp3) is 0.579. The number of rotatable bonds is 9. The second-order valence-corrected chi connectivity index (χ2v) is 9.10. The van der Waals surface area contributed by atoms with E-state index in [4.69, 9.17) is 5.11 Å². The Morgan fingerprint density at radius 3 is 2.26 bits per heavy atom. The first kappa shape index (κ1) is 21.4. The lowest BCUT2D eigenvalue weighted by Crippen LogP contribution is -2.40. The summed E-state index contributed by atoms with van der Waals surface area (Å²) in [6.07, 6.45) is 1.74. The van der Waals surface area contributed by atoms with Crippen molar-refractivity contribution in [2.45, 2.75) is 57.9 Å². The van der Waals surface area contributed by atoms with Crippen LogP contribution in [0.1, 0.15) is 42.9 Å². The van der Waals surface area contributed by atoms with Crippen LogP contribution in [0.5, 0.6) is 0 Å². The van der Waals surface area contributed by atoms with E-state index in [1.165, 1.54) is 0 Å². The van der Waals surface area contributed by atoms with Crippen molar-refractivity contribution >= 4 is 21.9 Å². The summed E-state index contributed by atoms with van der Waals surface area (Å²) in [5.41, 5.74) is 2.33. The van der Waals surface area contributed by atoms with E-state index in [-0.39, 0.29) is 36.4 Å². The summed E-state index contributed by atoms with van der Waals surface area (Å²) in [6.45, 7) is 7.12. The number of hydrogen-bond donors (Lipinski definition) is 2.